The van der Waals surface area contributed by atoms with E-state index in [1.807, 2.05) is 0 Å². The third-order valence-corrected chi connectivity index (χ3v) is 13.4. The first kappa shape index (κ1) is 60.5. The standard InChI is InChI=1S/C27H23F4N5O5S.C25H19F4N5O5S/c1-5-19-21(41-13-20(37)40-6-2)23(38)34-12-16(10-18(28)22(34)33-19)36-25(42)35(24(39)26(36,3)4)15-8-7-14(11-32)17(9-15)27(29,30)31;1-4-17-19(39-11-18(35)36)21(37)32-10-14(8-16(26)20(32)31-17)34-23(40)33(22(38)24(34,2)3)13-6-5-12(9-30)15(7-13)25(27,28)29/h7-10,12H,5-6,13H2,1-4H3;5-8,10H,4,11H2,1-3H3,(H,35,36). The monoisotopic (exact) mass is 1180 g/mol. The van der Waals surface area contributed by atoms with Crippen LogP contribution in [0.25, 0.3) is 11.3 Å². The molecule has 2 amide bonds. The van der Waals surface area contributed by atoms with Crippen LogP contribution >= 0.6 is 24.4 Å². The molecular formula is C52H42F8N10O10S2. The number of hydrogen-bond donors (Lipinski definition) is 1. The summed E-state index contributed by atoms with van der Waals surface area (Å²) in [5, 5.41) is 26.5. The number of carbonyl (C=O) groups is 4. The molecule has 2 saturated heterocycles. The number of carboxylic acids is 1. The van der Waals surface area contributed by atoms with Gasteiger partial charge in [-0.15, -0.1) is 0 Å². The number of pyridine rings is 2. The van der Waals surface area contributed by atoms with Crippen molar-refractivity contribution in [1.29, 1.82) is 10.5 Å². The van der Waals surface area contributed by atoms with Crippen LogP contribution in [0, 0.1) is 34.3 Å². The van der Waals surface area contributed by atoms with Crippen molar-refractivity contribution >= 4 is 92.5 Å². The molecule has 2 aliphatic heterocycles. The van der Waals surface area contributed by atoms with Gasteiger partial charge >= 0.3 is 35.4 Å². The second-order valence-corrected chi connectivity index (χ2v) is 19.4. The Balaban J connectivity index is 0.000000236. The molecule has 0 radical (unpaired) electrons. The van der Waals surface area contributed by atoms with Crippen LogP contribution in [0.4, 0.5) is 57.9 Å². The van der Waals surface area contributed by atoms with Crippen molar-refractivity contribution in [3.05, 3.63) is 127 Å². The average molecular weight is 1180 g/mol. The molecule has 0 aliphatic carbocycles. The van der Waals surface area contributed by atoms with Crippen LogP contribution in [0.1, 0.15) is 82.1 Å². The number of aryl methyl sites for hydroxylation is 2. The van der Waals surface area contributed by atoms with Crippen molar-refractivity contribution < 1.29 is 73.6 Å². The van der Waals surface area contributed by atoms with E-state index in [0.29, 0.717) is 12.1 Å². The van der Waals surface area contributed by atoms with Gasteiger partial charge in [0.25, 0.3) is 11.8 Å². The van der Waals surface area contributed by atoms with Gasteiger partial charge in [-0.1, -0.05) is 13.8 Å². The molecule has 0 atom stereocenters. The maximum atomic E-state index is 15.4. The Kier molecular flexibility index (Phi) is 16.5. The zero-order valence-corrected chi connectivity index (χ0v) is 45.4. The van der Waals surface area contributed by atoms with Crippen LogP contribution in [-0.2, 0) is 49.1 Å². The number of nitrogens with zero attached hydrogens (tertiary/aromatic N) is 10. The quantitative estimate of drug-likeness (QED) is 0.0658. The van der Waals surface area contributed by atoms with E-state index in [0.717, 1.165) is 72.3 Å². The lowest BCUT2D eigenvalue weighted by Crippen LogP contribution is -2.44. The molecule has 6 aromatic rings. The Morgan fingerprint density at radius 3 is 1.34 bits per heavy atom. The lowest BCUT2D eigenvalue weighted by molar-refractivity contribution is -0.145. The van der Waals surface area contributed by atoms with Crippen LogP contribution in [0.3, 0.4) is 0 Å². The second kappa shape index (κ2) is 22.4. The molecule has 0 unspecified atom stereocenters. The minimum Gasteiger partial charge on any atom is -0.479 e. The SMILES string of the molecule is CCOC(=O)COc1c(CC)nc2c(F)cc(N3C(=S)N(c4ccc(C#N)c(C(F)(F)F)c4)C(=O)C3(C)C)cn2c1=O.CCc1nc2c(F)cc(N3C(=S)N(c4ccc(C#N)c(C(F)(F)F)c4)C(=O)C3(C)C)cn2c(=O)c1OCC(=O)O. The highest BCUT2D eigenvalue weighted by atomic mass is 32.1. The van der Waals surface area contributed by atoms with Gasteiger partial charge in [0, 0.05) is 24.5 Å². The van der Waals surface area contributed by atoms with E-state index in [-0.39, 0.29) is 75.2 Å². The topological polar surface area (TPSA) is 245 Å². The van der Waals surface area contributed by atoms with E-state index in [1.165, 1.54) is 44.7 Å². The molecule has 2 aromatic carbocycles. The van der Waals surface area contributed by atoms with Gasteiger partial charge in [-0.05, 0) is 108 Å². The van der Waals surface area contributed by atoms with Gasteiger partial charge in [-0.25, -0.2) is 28.3 Å². The molecule has 82 heavy (non-hydrogen) atoms. The Bertz CT molecular complexity index is 3930. The Morgan fingerprint density at radius 2 is 1.01 bits per heavy atom. The van der Waals surface area contributed by atoms with Crippen molar-refractivity contribution in [3.63, 3.8) is 0 Å². The van der Waals surface area contributed by atoms with Crippen molar-refractivity contribution in [1.82, 2.24) is 18.8 Å². The number of alkyl halides is 6. The predicted molar refractivity (Wildman–Crippen MR) is 282 cm³/mol. The largest absolute Gasteiger partial charge is 0.479 e. The number of rotatable bonds is 13. The molecule has 6 heterocycles. The van der Waals surface area contributed by atoms with Gasteiger partial charge in [0.05, 0.1) is 75.1 Å². The maximum absolute atomic E-state index is 15.4. The van der Waals surface area contributed by atoms with Crippen molar-refractivity contribution in [2.24, 2.45) is 0 Å². The van der Waals surface area contributed by atoms with Crippen molar-refractivity contribution in [2.75, 3.05) is 39.4 Å². The average Bonchev–Trinajstić information content (AvgIpc) is 3.39. The number of aliphatic carboxylic acids is 1. The summed E-state index contributed by atoms with van der Waals surface area (Å²) in [6.45, 7) is 9.16. The molecule has 4 aromatic heterocycles. The summed E-state index contributed by atoms with van der Waals surface area (Å²) in [5.41, 5.74) is -10.1. The van der Waals surface area contributed by atoms with Crippen molar-refractivity contribution in [3.8, 4) is 23.6 Å². The lowest BCUT2D eigenvalue weighted by atomic mass is 10.0. The van der Waals surface area contributed by atoms with Crippen LogP contribution in [-0.4, -0.2) is 88.8 Å². The lowest BCUT2D eigenvalue weighted by Gasteiger charge is -2.29. The molecular weight excluding hydrogens is 1140 g/mol. The molecule has 20 nitrogen and oxygen atoms in total. The van der Waals surface area contributed by atoms with E-state index in [1.54, 1.807) is 20.8 Å². The minimum atomic E-state index is -4.89. The van der Waals surface area contributed by atoms with Gasteiger partial charge < -0.3 is 29.1 Å². The number of esters is 1. The number of benzene rings is 2. The number of hydrogen-bond acceptors (Lipinski definition) is 15. The number of halogens is 8. The summed E-state index contributed by atoms with van der Waals surface area (Å²) in [5.74, 6) is -6.25. The number of carboxylic acid groups (broad SMARTS) is 1. The summed E-state index contributed by atoms with van der Waals surface area (Å²) in [6.07, 6.45) is -7.21. The first-order valence-corrected chi connectivity index (χ1v) is 24.8. The molecule has 8 rings (SSSR count). The van der Waals surface area contributed by atoms with Gasteiger partial charge in [-0.3, -0.25) is 37.8 Å². The van der Waals surface area contributed by atoms with Gasteiger partial charge in [0.1, 0.15) is 11.1 Å². The number of ether oxygens (including phenoxy) is 3. The van der Waals surface area contributed by atoms with E-state index < -0.39 is 117 Å². The fourth-order valence-corrected chi connectivity index (χ4v) is 9.87. The zero-order valence-electron chi connectivity index (χ0n) is 43.7. The van der Waals surface area contributed by atoms with Crippen LogP contribution < -0.4 is 40.2 Å². The van der Waals surface area contributed by atoms with Crippen LogP contribution in [0.15, 0.2) is 70.5 Å². The van der Waals surface area contributed by atoms with Crippen LogP contribution in [0.2, 0.25) is 0 Å². The summed E-state index contributed by atoms with van der Waals surface area (Å²) < 4.78 is 129. The Labute approximate surface area is 468 Å². The molecule has 0 saturated carbocycles. The van der Waals surface area contributed by atoms with E-state index >= 15 is 8.78 Å². The summed E-state index contributed by atoms with van der Waals surface area (Å²) in [6, 6.07) is 10.3. The summed E-state index contributed by atoms with van der Waals surface area (Å²) in [4.78, 5) is 88.6. The Morgan fingerprint density at radius 1 is 0.634 bits per heavy atom. The highest BCUT2D eigenvalue weighted by Crippen LogP contribution is 2.42. The Hall–Kier alpha value is -9.16. The summed E-state index contributed by atoms with van der Waals surface area (Å²) in [7, 11) is 0. The third-order valence-electron chi connectivity index (χ3n) is 12.7. The fourth-order valence-electron chi connectivity index (χ4n) is 8.83. The normalized spacial score (nSPS) is 14.9. The molecule has 2 aliphatic rings. The van der Waals surface area contributed by atoms with E-state index in [2.05, 4.69) is 9.97 Å². The zero-order chi connectivity index (χ0) is 60.9. The second-order valence-electron chi connectivity index (χ2n) is 18.7. The first-order valence-electron chi connectivity index (χ1n) is 24.0. The molecule has 428 valence electrons. The molecule has 1 N–H and O–H groups in total. The van der Waals surface area contributed by atoms with Crippen LogP contribution in [0.5, 0.6) is 11.5 Å². The minimum absolute atomic E-state index is 0.0255. The highest BCUT2D eigenvalue weighted by molar-refractivity contribution is 7.81. The number of aromatic nitrogens is 4. The number of carbonyl (C=O) groups excluding carboxylic acids is 3. The van der Waals surface area contributed by atoms with E-state index in [4.69, 9.17) is 54.3 Å². The fraction of sp³-hybridized carbons (Fsp3) is 0.308. The maximum Gasteiger partial charge on any atom is 0.417 e. The number of anilines is 4. The highest BCUT2D eigenvalue weighted by Gasteiger charge is 2.53. The number of amides is 2. The first-order chi connectivity index (χ1) is 38.3. The molecule has 0 bridgehead atoms. The summed E-state index contributed by atoms with van der Waals surface area (Å²) >= 11 is 10.9. The molecule has 0 spiro atoms. The molecule has 2 fully saturated rings. The number of fused-ring (bicyclic) bond motifs is 2. The van der Waals surface area contributed by atoms with Gasteiger partial charge in [0.15, 0.2) is 46.4 Å². The smallest absolute Gasteiger partial charge is 0.417 e. The molecule has 30 heteroatoms. The number of nitriles is 2. The van der Waals surface area contributed by atoms with Gasteiger partial charge in [-0.2, -0.15) is 36.9 Å². The number of thiocarbonyl (C=S) groups is 2. The third kappa shape index (κ3) is 10.9. The predicted octanol–water partition coefficient (Wildman–Crippen LogP) is 7.81. The van der Waals surface area contributed by atoms with Crippen molar-refractivity contribution in [2.45, 2.75) is 84.7 Å². The van der Waals surface area contributed by atoms with Gasteiger partial charge in [0.2, 0.25) is 11.5 Å². The van der Waals surface area contributed by atoms with E-state index in [9.17, 15) is 55.1 Å².